The van der Waals surface area contributed by atoms with Crippen molar-refractivity contribution < 1.29 is 14.5 Å². The Kier molecular flexibility index (Phi) is 5.50. The number of hydrogen-bond acceptors (Lipinski definition) is 6. The van der Waals surface area contributed by atoms with Crippen molar-refractivity contribution in [1.29, 1.82) is 0 Å². The van der Waals surface area contributed by atoms with Crippen molar-refractivity contribution in [3.05, 3.63) is 73.1 Å². The Hall–Kier alpha value is -3.14. The van der Waals surface area contributed by atoms with Gasteiger partial charge in [0.1, 0.15) is 0 Å². The number of hydrogen-bond donors (Lipinski definition) is 0. The van der Waals surface area contributed by atoms with Crippen molar-refractivity contribution in [2.24, 2.45) is 0 Å². The minimum absolute atomic E-state index is 0.0191. The zero-order chi connectivity index (χ0) is 20.4. The molecule has 1 aliphatic heterocycles. The van der Waals surface area contributed by atoms with Crippen molar-refractivity contribution >= 4 is 23.3 Å². The molecule has 0 amide bonds. The Bertz CT molecular complexity index is 1050. The molecule has 3 rings (SSSR count). The maximum Gasteiger partial charge on any atom is 0.348 e. The summed E-state index contributed by atoms with van der Waals surface area (Å²) in [4.78, 5) is 48.3. The molecule has 148 valence electrons. The Balaban J connectivity index is 2.16. The van der Waals surface area contributed by atoms with Crippen LogP contribution in [0.4, 0.5) is 5.69 Å². The molecule has 1 aromatic heterocycles. The first-order chi connectivity index (χ1) is 13.4. The van der Waals surface area contributed by atoms with Gasteiger partial charge in [-0.25, -0.2) is 28.3 Å². The van der Waals surface area contributed by atoms with Crippen LogP contribution in [0, 0.1) is 10.1 Å². The number of esters is 1. The molecule has 0 unspecified atom stereocenters. The van der Waals surface area contributed by atoms with Gasteiger partial charge in [0.05, 0.1) is 17.6 Å². The maximum absolute atomic E-state index is 12.9. The van der Waals surface area contributed by atoms with Gasteiger partial charge in [-0.3, -0.25) is 10.1 Å². The first-order valence-electron chi connectivity index (χ1n) is 8.49. The average molecular weight is 409 g/mol. The second kappa shape index (κ2) is 7.85. The zero-order valence-electron chi connectivity index (χ0n) is 14.9. The lowest BCUT2D eigenvalue weighted by Gasteiger charge is -2.26. The minimum atomic E-state index is -1.09. The Labute approximate surface area is 163 Å². The predicted octanol–water partition coefficient (Wildman–Crippen LogP) is 1.22. The summed E-state index contributed by atoms with van der Waals surface area (Å²) in [5.41, 5.74) is -0.868. The van der Waals surface area contributed by atoms with Gasteiger partial charge in [0.2, 0.25) is 0 Å². The smallest absolute Gasteiger partial charge is 0.348 e. The fourth-order valence-corrected chi connectivity index (χ4v) is 3.29. The van der Waals surface area contributed by atoms with E-state index in [0.717, 1.165) is 13.9 Å². The SMILES string of the molecule is CCOC(=O)[C@@H]1C=C[C@H](c2ccc([N+](=O)[O-])cc2)n2c(=O)n(CCCl)c(=O)n21. The van der Waals surface area contributed by atoms with Gasteiger partial charge in [0.25, 0.3) is 5.69 Å². The number of carbonyl (C=O) groups is 1. The van der Waals surface area contributed by atoms with Gasteiger partial charge < -0.3 is 4.74 Å². The summed E-state index contributed by atoms with van der Waals surface area (Å²) in [6, 6.07) is 3.80. The van der Waals surface area contributed by atoms with Gasteiger partial charge in [-0.15, -0.1) is 11.6 Å². The van der Waals surface area contributed by atoms with Crippen molar-refractivity contribution in [2.45, 2.75) is 25.6 Å². The highest BCUT2D eigenvalue weighted by atomic mass is 35.5. The van der Waals surface area contributed by atoms with Crippen LogP contribution in [-0.4, -0.2) is 37.3 Å². The molecule has 2 heterocycles. The number of non-ortho nitro benzene ring substituents is 1. The molecular weight excluding hydrogens is 392 g/mol. The van der Waals surface area contributed by atoms with Crippen molar-refractivity contribution in [3.8, 4) is 0 Å². The number of nitro groups is 1. The van der Waals surface area contributed by atoms with Gasteiger partial charge in [-0.05, 0) is 24.6 Å². The van der Waals surface area contributed by atoms with E-state index in [2.05, 4.69) is 0 Å². The molecule has 0 saturated heterocycles. The topological polar surface area (TPSA) is 118 Å². The van der Waals surface area contributed by atoms with Crippen LogP contribution in [0.2, 0.25) is 0 Å². The largest absolute Gasteiger partial charge is 0.464 e. The molecule has 2 aromatic rings. The van der Waals surface area contributed by atoms with Crippen LogP contribution in [0.5, 0.6) is 0 Å². The fraction of sp³-hybridized carbons (Fsp3) is 0.353. The summed E-state index contributed by atoms with van der Waals surface area (Å²) in [5.74, 6) is -0.626. The molecule has 0 bridgehead atoms. The summed E-state index contributed by atoms with van der Waals surface area (Å²) in [5, 5.41) is 10.9. The van der Waals surface area contributed by atoms with Gasteiger partial charge in [-0.2, -0.15) is 0 Å². The van der Waals surface area contributed by atoms with E-state index in [-0.39, 0.29) is 24.7 Å². The number of nitro benzene ring substituents is 1. The van der Waals surface area contributed by atoms with Crippen molar-refractivity contribution in [2.75, 3.05) is 12.5 Å². The van der Waals surface area contributed by atoms with Crippen LogP contribution in [0.25, 0.3) is 0 Å². The van der Waals surface area contributed by atoms with E-state index in [9.17, 15) is 24.5 Å². The van der Waals surface area contributed by atoms with Gasteiger partial charge in [0.15, 0.2) is 6.04 Å². The molecule has 0 aliphatic carbocycles. The lowest BCUT2D eigenvalue weighted by Crippen LogP contribution is -2.39. The van der Waals surface area contributed by atoms with Crippen LogP contribution < -0.4 is 11.4 Å². The molecule has 0 radical (unpaired) electrons. The highest BCUT2D eigenvalue weighted by molar-refractivity contribution is 6.17. The second-order valence-corrected chi connectivity index (χ2v) is 6.35. The fourth-order valence-electron chi connectivity index (χ4n) is 3.12. The standard InChI is InChI=1S/C17H17ClN4O6/c1-2-28-15(23)14-8-7-13(11-3-5-12(6-4-11)22(26)27)20-16(24)19(10-9-18)17(25)21(14)20/h3-8,13-14H,2,9-10H2,1H3/t13-,14+/m1/s1. The normalized spacial score (nSPS) is 17.9. The minimum Gasteiger partial charge on any atom is -0.464 e. The molecular formula is C17H17ClN4O6. The summed E-state index contributed by atoms with van der Waals surface area (Å²) in [7, 11) is 0. The van der Waals surface area contributed by atoms with Gasteiger partial charge >= 0.3 is 17.3 Å². The van der Waals surface area contributed by atoms with Crippen LogP contribution >= 0.6 is 11.6 Å². The van der Waals surface area contributed by atoms with E-state index in [4.69, 9.17) is 16.3 Å². The second-order valence-electron chi connectivity index (χ2n) is 5.97. The molecule has 11 heteroatoms. The Morgan fingerprint density at radius 3 is 2.39 bits per heavy atom. The lowest BCUT2D eigenvalue weighted by molar-refractivity contribution is -0.384. The number of ether oxygens (including phenoxy) is 1. The van der Waals surface area contributed by atoms with Crippen LogP contribution in [0.3, 0.4) is 0 Å². The number of halogens is 1. The highest BCUT2D eigenvalue weighted by Crippen LogP contribution is 2.27. The monoisotopic (exact) mass is 408 g/mol. The third-order valence-electron chi connectivity index (χ3n) is 4.37. The lowest BCUT2D eigenvalue weighted by atomic mass is 10.0. The zero-order valence-corrected chi connectivity index (χ0v) is 15.6. The number of carbonyl (C=O) groups excluding carboxylic acids is 1. The molecule has 0 N–H and O–H groups in total. The number of aromatic nitrogens is 3. The Morgan fingerprint density at radius 2 is 1.82 bits per heavy atom. The predicted molar refractivity (Wildman–Crippen MR) is 99.7 cm³/mol. The van der Waals surface area contributed by atoms with Crippen LogP contribution in [0.1, 0.15) is 24.6 Å². The van der Waals surface area contributed by atoms with E-state index in [1.54, 1.807) is 13.0 Å². The van der Waals surface area contributed by atoms with E-state index >= 15 is 0 Å². The quantitative estimate of drug-likeness (QED) is 0.233. The molecule has 0 spiro atoms. The summed E-state index contributed by atoms with van der Waals surface area (Å²) >= 11 is 5.70. The van der Waals surface area contributed by atoms with Gasteiger partial charge in [-0.1, -0.05) is 12.2 Å². The number of allylic oxidation sites excluding steroid dienone is 1. The third kappa shape index (κ3) is 3.26. The maximum atomic E-state index is 12.9. The van der Waals surface area contributed by atoms with Crippen LogP contribution in [-0.2, 0) is 16.1 Å². The molecule has 2 atom stereocenters. The number of fused-ring (bicyclic) bond motifs is 1. The molecule has 10 nitrogen and oxygen atoms in total. The Morgan fingerprint density at radius 1 is 1.18 bits per heavy atom. The first kappa shape index (κ1) is 19.6. The highest BCUT2D eigenvalue weighted by Gasteiger charge is 2.33. The molecule has 1 aromatic carbocycles. The number of nitrogens with zero attached hydrogens (tertiary/aromatic N) is 4. The third-order valence-corrected chi connectivity index (χ3v) is 4.54. The average Bonchev–Trinajstić information content (AvgIpc) is 2.93. The molecule has 28 heavy (non-hydrogen) atoms. The molecule has 0 fully saturated rings. The molecule has 1 aliphatic rings. The van der Waals surface area contributed by atoms with E-state index in [0.29, 0.717) is 5.56 Å². The van der Waals surface area contributed by atoms with E-state index < -0.39 is 34.4 Å². The van der Waals surface area contributed by atoms with Crippen LogP contribution in [0.15, 0.2) is 46.0 Å². The summed E-state index contributed by atoms with van der Waals surface area (Å²) < 4.78 is 8.15. The summed E-state index contributed by atoms with van der Waals surface area (Å²) in [6.45, 7) is 1.74. The van der Waals surface area contributed by atoms with Crippen molar-refractivity contribution in [3.63, 3.8) is 0 Å². The van der Waals surface area contributed by atoms with E-state index in [1.165, 1.54) is 30.3 Å². The first-order valence-corrected chi connectivity index (χ1v) is 9.03. The number of benzene rings is 1. The molecule has 0 saturated carbocycles. The van der Waals surface area contributed by atoms with E-state index in [1.807, 2.05) is 0 Å². The van der Waals surface area contributed by atoms with Gasteiger partial charge in [0, 0.05) is 24.6 Å². The number of alkyl halides is 1. The van der Waals surface area contributed by atoms with Crippen molar-refractivity contribution in [1.82, 2.24) is 13.9 Å². The summed E-state index contributed by atoms with van der Waals surface area (Å²) in [6.07, 6.45) is 3.07. The number of rotatable bonds is 6.